The number of piperidine rings is 1. The SMILES string of the molecule is CCOC1CC(CC(=O)N2CCCCC2CCNC)C1. The van der Waals surface area contributed by atoms with E-state index >= 15 is 0 Å². The third-order valence-corrected chi connectivity index (χ3v) is 4.73. The van der Waals surface area contributed by atoms with E-state index in [0.29, 0.717) is 24.0 Å². The molecule has 1 aliphatic heterocycles. The highest BCUT2D eigenvalue weighted by Crippen LogP contribution is 2.34. The van der Waals surface area contributed by atoms with Gasteiger partial charge in [0, 0.05) is 25.6 Å². The lowest BCUT2D eigenvalue weighted by molar-refractivity contribution is -0.138. The Balaban J connectivity index is 1.75. The van der Waals surface area contributed by atoms with Crippen molar-refractivity contribution in [2.24, 2.45) is 5.92 Å². The van der Waals surface area contributed by atoms with Gasteiger partial charge < -0.3 is 15.0 Å². The molecule has 1 saturated carbocycles. The second-order valence-electron chi connectivity index (χ2n) is 6.25. The summed E-state index contributed by atoms with van der Waals surface area (Å²) in [4.78, 5) is 14.7. The zero-order valence-corrected chi connectivity index (χ0v) is 13.1. The molecule has 1 saturated heterocycles. The molecule has 1 aliphatic carbocycles. The predicted octanol–water partition coefficient (Wildman–Crippen LogP) is 2.18. The van der Waals surface area contributed by atoms with Gasteiger partial charge in [0.25, 0.3) is 0 Å². The molecule has 4 heteroatoms. The molecule has 0 aromatic carbocycles. The van der Waals surface area contributed by atoms with E-state index in [1.54, 1.807) is 0 Å². The van der Waals surface area contributed by atoms with Gasteiger partial charge in [0.05, 0.1) is 6.10 Å². The summed E-state index contributed by atoms with van der Waals surface area (Å²) in [5.74, 6) is 0.941. The van der Waals surface area contributed by atoms with Crippen LogP contribution in [0.15, 0.2) is 0 Å². The van der Waals surface area contributed by atoms with E-state index in [9.17, 15) is 4.79 Å². The highest BCUT2D eigenvalue weighted by molar-refractivity contribution is 5.77. The summed E-state index contributed by atoms with van der Waals surface area (Å²) in [6, 6.07) is 0.464. The number of nitrogens with one attached hydrogen (secondary N) is 1. The van der Waals surface area contributed by atoms with Crippen LogP contribution in [0.1, 0.15) is 51.9 Å². The van der Waals surface area contributed by atoms with Crippen molar-refractivity contribution in [1.29, 1.82) is 0 Å². The minimum Gasteiger partial charge on any atom is -0.378 e. The number of amides is 1. The number of ether oxygens (including phenoxy) is 1. The summed E-state index contributed by atoms with van der Waals surface area (Å²) in [7, 11) is 1.98. The van der Waals surface area contributed by atoms with Crippen molar-refractivity contribution in [3.63, 3.8) is 0 Å². The van der Waals surface area contributed by atoms with E-state index in [2.05, 4.69) is 10.2 Å². The van der Waals surface area contributed by atoms with E-state index in [1.165, 1.54) is 19.3 Å². The number of likely N-dealkylation sites (tertiary alicyclic amines) is 1. The quantitative estimate of drug-likeness (QED) is 0.778. The Bertz CT molecular complexity index is 303. The largest absolute Gasteiger partial charge is 0.378 e. The molecule has 4 nitrogen and oxygen atoms in total. The molecule has 1 atom stereocenters. The van der Waals surface area contributed by atoms with Crippen LogP contribution in [0.5, 0.6) is 0 Å². The zero-order valence-electron chi connectivity index (χ0n) is 13.1. The summed E-state index contributed by atoms with van der Waals surface area (Å²) in [6.45, 7) is 4.81. The van der Waals surface area contributed by atoms with Gasteiger partial charge in [-0.2, -0.15) is 0 Å². The molecule has 1 heterocycles. The van der Waals surface area contributed by atoms with Crippen molar-refractivity contribution in [3.8, 4) is 0 Å². The Morgan fingerprint density at radius 3 is 2.85 bits per heavy atom. The van der Waals surface area contributed by atoms with Gasteiger partial charge in [0.15, 0.2) is 0 Å². The van der Waals surface area contributed by atoms with Crippen molar-refractivity contribution in [3.05, 3.63) is 0 Å². The van der Waals surface area contributed by atoms with Crippen LogP contribution in [0.2, 0.25) is 0 Å². The van der Waals surface area contributed by atoms with Gasteiger partial charge in [-0.1, -0.05) is 0 Å². The molecule has 1 unspecified atom stereocenters. The standard InChI is InChI=1S/C16H30N2O2/c1-3-20-15-10-13(11-15)12-16(19)18-9-5-4-6-14(18)7-8-17-2/h13-15,17H,3-12H2,1-2H3. The highest BCUT2D eigenvalue weighted by Gasteiger charge is 2.34. The molecule has 0 aromatic heterocycles. The van der Waals surface area contributed by atoms with Gasteiger partial charge in [-0.05, 0) is 65.0 Å². The van der Waals surface area contributed by atoms with Crippen LogP contribution in [0.4, 0.5) is 0 Å². The van der Waals surface area contributed by atoms with Gasteiger partial charge in [-0.25, -0.2) is 0 Å². The Kier molecular flexibility index (Phi) is 6.30. The van der Waals surface area contributed by atoms with Gasteiger partial charge in [-0.3, -0.25) is 4.79 Å². The molecule has 0 bridgehead atoms. The monoisotopic (exact) mass is 282 g/mol. The smallest absolute Gasteiger partial charge is 0.223 e. The molecular weight excluding hydrogens is 252 g/mol. The number of carbonyl (C=O) groups excluding carboxylic acids is 1. The van der Waals surface area contributed by atoms with Crippen molar-refractivity contribution < 1.29 is 9.53 Å². The van der Waals surface area contributed by atoms with Crippen molar-refractivity contribution in [2.45, 2.75) is 64.0 Å². The molecular formula is C16H30N2O2. The maximum absolute atomic E-state index is 12.5. The second kappa shape index (κ2) is 7.99. The van der Waals surface area contributed by atoms with Gasteiger partial charge in [0.2, 0.25) is 5.91 Å². The van der Waals surface area contributed by atoms with Crippen LogP contribution in [0.3, 0.4) is 0 Å². The first kappa shape index (κ1) is 15.8. The van der Waals surface area contributed by atoms with Gasteiger partial charge in [0.1, 0.15) is 0 Å². The van der Waals surface area contributed by atoms with Gasteiger partial charge >= 0.3 is 0 Å². The zero-order chi connectivity index (χ0) is 14.4. The average Bonchev–Trinajstić information content (AvgIpc) is 2.43. The first-order chi connectivity index (χ1) is 9.74. The molecule has 2 fully saturated rings. The fourth-order valence-corrected chi connectivity index (χ4v) is 3.52. The normalized spacial score (nSPS) is 30.1. The third-order valence-electron chi connectivity index (χ3n) is 4.73. The van der Waals surface area contributed by atoms with Crippen LogP contribution in [0, 0.1) is 5.92 Å². The van der Waals surface area contributed by atoms with E-state index in [-0.39, 0.29) is 0 Å². The van der Waals surface area contributed by atoms with E-state index in [0.717, 1.165) is 45.4 Å². The molecule has 1 amide bonds. The molecule has 2 rings (SSSR count). The fourth-order valence-electron chi connectivity index (χ4n) is 3.52. The topological polar surface area (TPSA) is 41.6 Å². The lowest BCUT2D eigenvalue weighted by atomic mass is 9.79. The number of carbonyl (C=O) groups is 1. The van der Waals surface area contributed by atoms with Crippen LogP contribution in [-0.4, -0.2) is 49.7 Å². The minimum absolute atomic E-state index is 0.380. The maximum Gasteiger partial charge on any atom is 0.223 e. The Morgan fingerprint density at radius 1 is 1.35 bits per heavy atom. The predicted molar refractivity (Wildman–Crippen MR) is 80.7 cm³/mol. The third kappa shape index (κ3) is 4.19. The van der Waals surface area contributed by atoms with Crippen LogP contribution >= 0.6 is 0 Å². The molecule has 2 aliphatic rings. The molecule has 0 spiro atoms. The summed E-state index contributed by atoms with van der Waals surface area (Å²) in [5.41, 5.74) is 0. The number of hydrogen-bond acceptors (Lipinski definition) is 3. The van der Waals surface area contributed by atoms with Crippen LogP contribution < -0.4 is 5.32 Å². The van der Waals surface area contributed by atoms with Crippen molar-refractivity contribution >= 4 is 5.91 Å². The Labute approximate surface area is 123 Å². The molecule has 20 heavy (non-hydrogen) atoms. The second-order valence-corrected chi connectivity index (χ2v) is 6.25. The van der Waals surface area contributed by atoms with E-state index < -0.39 is 0 Å². The number of hydrogen-bond donors (Lipinski definition) is 1. The molecule has 0 aromatic rings. The first-order valence-electron chi connectivity index (χ1n) is 8.30. The minimum atomic E-state index is 0.380. The first-order valence-corrected chi connectivity index (χ1v) is 8.30. The number of nitrogens with zero attached hydrogens (tertiary/aromatic N) is 1. The lowest BCUT2D eigenvalue weighted by Gasteiger charge is -2.39. The fraction of sp³-hybridized carbons (Fsp3) is 0.938. The Morgan fingerprint density at radius 2 is 2.15 bits per heavy atom. The van der Waals surface area contributed by atoms with Crippen molar-refractivity contribution in [2.75, 3.05) is 26.7 Å². The van der Waals surface area contributed by atoms with Crippen LogP contribution in [0.25, 0.3) is 0 Å². The summed E-state index contributed by atoms with van der Waals surface area (Å²) >= 11 is 0. The molecule has 116 valence electrons. The molecule has 0 radical (unpaired) electrons. The number of rotatable bonds is 7. The average molecular weight is 282 g/mol. The maximum atomic E-state index is 12.5. The van der Waals surface area contributed by atoms with Gasteiger partial charge in [-0.15, -0.1) is 0 Å². The van der Waals surface area contributed by atoms with Crippen LogP contribution in [-0.2, 0) is 9.53 Å². The Hall–Kier alpha value is -0.610. The summed E-state index contributed by atoms with van der Waals surface area (Å²) in [5, 5.41) is 3.20. The summed E-state index contributed by atoms with van der Waals surface area (Å²) < 4.78 is 5.58. The lowest BCUT2D eigenvalue weighted by Crippen LogP contribution is -2.46. The van der Waals surface area contributed by atoms with E-state index in [1.807, 2.05) is 14.0 Å². The highest BCUT2D eigenvalue weighted by atomic mass is 16.5. The van der Waals surface area contributed by atoms with E-state index in [4.69, 9.17) is 4.74 Å². The molecule has 1 N–H and O–H groups in total. The van der Waals surface area contributed by atoms with Crippen molar-refractivity contribution in [1.82, 2.24) is 10.2 Å². The summed E-state index contributed by atoms with van der Waals surface area (Å²) in [6.07, 6.45) is 8.03.